The molecule has 0 spiro atoms. The van der Waals surface area contributed by atoms with Crippen LogP contribution in [-0.4, -0.2) is 30.5 Å². The van der Waals surface area contributed by atoms with Crippen LogP contribution >= 0.6 is 0 Å². The van der Waals surface area contributed by atoms with Gasteiger partial charge in [0.15, 0.2) is 0 Å². The van der Waals surface area contributed by atoms with Gasteiger partial charge >= 0.3 is 0 Å². The zero-order valence-electron chi connectivity index (χ0n) is 9.40. The van der Waals surface area contributed by atoms with Crippen LogP contribution in [0.4, 0.5) is 5.88 Å². The first-order valence-corrected chi connectivity index (χ1v) is 4.57. The molecule has 0 radical (unpaired) electrons. The molecular formula is C10H17N3O. The normalized spacial score (nSPS) is 12.4. The molecule has 0 unspecified atom stereocenters. The van der Waals surface area contributed by atoms with Gasteiger partial charge < -0.3 is 9.42 Å². The van der Waals surface area contributed by atoms with Crippen molar-refractivity contribution >= 4 is 12.2 Å². The standard InChI is InChI=1S/C10H17N3O/c1-10(2,3)8-6-9(14-12-8)11-7-13(4)5/h6-7H,1-5H3. The lowest BCUT2D eigenvalue weighted by molar-refractivity contribution is 0.401. The molecule has 0 atom stereocenters. The number of nitrogens with zero attached hydrogens (tertiary/aromatic N) is 3. The zero-order valence-corrected chi connectivity index (χ0v) is 9.40. The van der Waals surface area contributed by atoms with Gasteiger partial charge in [0.1, 0.15) is 0 Å². The lowest BCUT2D eigenvalue weighted by atomic mass is 9.92. The minimum Gasteiger partial charge on any atom is -0.369 e. The van der Waals surface area contributed by atoms with E-state index in [2.05, 4.69) is 30.9 Å². The van der Waals surface area contributed by atoms with Crippen LogP contribution < -0.4 is 0 Å². The summed E-state index contributed by atoms with van der Waals surface area (Å²) >= 11 is 0. The van der Waals surface area contributed by atoms with Gasteiger partial charge in [0.2, 0.25) is 0 Å². The number of rotatable bonds is 2. The Kier molecular flexibility index (Phi) is 2.93. The van der Waals surface area contributed by atoms with E-state index in [0.717, 1.165) is 5.69 Å². The SMILES string of the molecule is CN(C)C=Nc1cc(C(C)(C)C)no1. The van der Waals surface area contributed by atoms with E-state index in [1.165, 1.54) is 0 Å². The predicted octanol–water partition coefficient (Wildman–Crippen LogP) is 2.19. The molecule has 0 aliphatic rings. The van der Waals surface area contributed by atoms with Gasteiger partial charge in [-0.05, 0) is 0 Å². The van der Waals surface area contributed by atoms with Gasteiger partial charge in [-0.2, -0.15) is 0 Å². The van der Waals surface area contributed by atoms with E-state index in [-0.39, 0.29) is 5.41 Å². The summed E-state index contributed by atoms with van der Waals surface area (Å²) in [5, 5.41) is 3.96. The molecule has 0 bridgehead atoms. The lowest BCUT2D eigenvalue weighted by Gasteiger charge is -2.12. The van der Waals surface area contributed by atoms with E-state index < -0.39 is 0 Å². The predicted molar refractivity (Wildman–Crippen MR) is 57.0 cm³/mol. The number of aliphatic imine (C=N–C) groups is 1. The van der Waals surface area contributed by atoms with Crippen LogP contribution in [0.3, 0.4) is 0 Å². The Bertz CT molecular complexity index is 320. The summed E-state index contributed by atoms with van der Waals surface area (Å²) in [6, 6.07) is 1.86. The molecule has 0 aliphatic carbocycles. The first kappa shape index (κ1) is 10.8. The van der Waals surface area contributed by atoms with Crippen molar-refractivity contribution in [2.75, 3.05) is 14.1 Å². The maximum absolute atomic E-state index is 5.07. The molecule has 14 heavy (non-hydrogen) atoms. The minimum atomic E-state index is 0.00931. The second kappa shape index (κ2) is 3.82. The Morgan fingerprint density at radius 1 is 1.43 bits per heavy atom. The maximum atomic E-state index is 5.07. The summed E-state index contributed by atoms with van der Waals surface area (Å²) in [7, 11) is 3.81. The van der Waals surface area contributed by atoms with E-state index in [1.54, 1.807) is 6.34 Å². The van der Waals surface area contributed by atoms with Crippen molar-refractivity contribution in [1.29, 1.82) is 0 Å². The molecule has 0 saturated heterocycles. The Labute approximate surface area is 84.6 Å². The molecule has 0 fully saturated rings. The summed E-state index contributed by atoms with van der Waals surface area (Å²) in [5.41, 5.74) is 0.929. The Balaban J connectivity index is 2.79. The highest BCUT2D eigenvalue weighted by molar-refractivity contribution is 5.58. The maximum Gasteiger partial charge on any atom is 0.252 e. The Morgan fingerprint density at radius 2 is 2.07 bits per heavy atom. The van der Waals surface area contributed by atoms with Gasteiger partial charge in [0.25, 0.3) is 5.88 Å². The van der Waals surface area contributed by atoms with Crippen LogP contribution in [0.2, 0.25) is 0 Å². The summed E-state index contributed by atoms with van der Waals surface area (Å²) < 4.78 is 5.07. The molecule has 0 N–H and O–H groups in total. The molecule has 4 heteroatoms. The van der Waals surface area contributed by atoms with Gasteiger partial charge in [-0.15, -0.1) is 0 Å². The number of hydrogen-bond donors (Lipinski definition) is 0. The average molecular weight is 195 g/mol. The third-order valence-electron chi connectivity index (χ3n) is 1.68. The quantitative estimate of drug-likeness (QED) is 0.536. The molecule has 78 valence electrons. The lowest BCUT2D eigenvalue weighted by Crippen LogP contribution is -2.10. The van der Waals surface area contributed by atoms with Crippen molar-refractivity contribution in [3.05, 3.63) is 11.8 Å². The molecule has 1 rings (SSSR count). The largest absolute Gasteiger partial charge is 0.369 e. The van der Waals surface area contributed by atoms with Gasteiger partial charge in [0, 0.05) is 25.6 Å². The fourth-order valence-corrected chi connectivity index (χ4v) is 0.852. The smallest absolute Gasteiger partial charge is 0.252 e. The summed E-state index contributed by atoms with van der Waals surface area (Å²) in [4.78, 5) is 5.96. The first-order valence-electron chi connectivity index (χ1n) is 4.57. The molecule has 1 heterocycles. The highest BCUT2D eigenvalue weighted by atomic mass is 16.5. The Morgan fingerprint density at radius 3 is 2.50 bits per heavy atom. The van der Waals surface area contributed by atoms with Gasteiger partial charge in [0.05, 0.1) is 12.0 Å². The topological polar surface area (TPSA) is 41.6 Å². The van der Waals surface area contributed by atoms with Crippen molar-refractivity contribution < 1.29 is 4.52 Å². The Hall–Kier alpha value is -1.32. The van der Waals surface area contributed by atoms with Gasteiger partial charge in [-0.25, -0.2) is 4.99 Å². The molecule has 0 amide bonds. The van der Waals surface area contributed by atoms with E-state index >= 15 is 0 Å². The number of hydrogen-bond acceptors (Lipinski definition) is 3. The van der Waals surface area contributed by atoms with Crippen LogP contribution in [0.25, 0.3) is 0 Å². The molecular weight excluding hydrogens is 178 g/mol. The molecule has 0 saturated carbocycles. The summed E-state index contributed by atoms with van der Waals surface area (Å²) in [6.45, 7) is 6.26. The molecule has 4 nitrogen and oxygen atoms in total. The van der Waals surface area contributed by atoms with Crippen molar-refractivity contribution in [1.82, 2.24) is 10.1 Å². The summed E-state index contributed by atoms with van der Waals surface area (Å²) in [5.74, 6) is 0.545. The summed E-state index contributed by atoms with van der Waals surface area (Å²) in [6.07, 6.45) is 1.69. The third kappa shape index (κ3) is 2.87. The van der Waals surface area contributed by atoms with Crippen molar-refractivity contribution in [3.8, 4) is 0 Å². The van der Waals surface area contributed by atoms with E-state index in [4.69, 9.17) is 4.52 Å². The zero-order chi connectivity index (χ0) is 10.8. The van der Waals surface area contributed by atoms with Crippen LogP contribution in [-0.2, 0) is 5.41 Å². The second-order valence-electron chi connectivity index (χ2n) is 4.51. The van der Waals surface area contributed by atoms with E-state index in [0.29, 0.717) is 5.88 Å². The molecule has 0 aromatic carbocycles. The van der Waals surface area contributed by atoms with Crippen LogP contribution in [0, 0.1) is 0 Å². The van der Waals surface area contributed by atoms with Crippen LogP contribution in [0.1, 0.15) is 26.5 Å². The monoisotopic (exact) mass is 195 g/mol. The van der Waals surface area contributed by atoms with Crippen molar-refractivity contribution in [2.24, 2.45) is 4.99 Å². The highest BCUT2D eigenvalue weighted by Gasteiger charge is 2.18. The molecule has 1 aromatic heterocycles. The van der Waals surface area contributed by atoms with Crippen molar-refractivity contribution in [2.45, 2.75) is 26.2 Å². The van der Waals surface area contributed by atoms with Crippen LogP contribution in [0.15, 0.2) is 15.6 Å². The highest BCUT2D eigenvalue weighted by Crippen LogP contribution is 2.24. The second-order valence-corrected chi connectivity index (χ2v) is 4.51. The first-order chi connectivity index (χ1) is 6.39. The number of aromatic nitrogens is 1. The van der Waals surface area contributed by atoms with Gasteiger partial charge in [-0.3, -0.25) is 0 Å². The van der Waals surface area contributed by atoms with Gasteiger partial charge in [-0.1, -0.05) is 25.9 Å². The fraction of sp³-hybridized carbons (Fsp3) is 0.600. The van der Waals surface area contributed by atoms with E-state index in [1.807, 2.05) is 25.1 Å². The minimum absolute atomic E-state index is 0.00931. The van der Waals surface area contributed by atoms with E-state index in [9.17, 15) is 0 Å². The molecule has 1 aromatic rings. The fourth-order valence-electron chi connectivity index (χ4n) is 0.852. The average Bonchev–Trinajstić information content (AvgIpc) is 2.47. The molecule has 0 aliphatic heterocycles. The van der Waals surface area contributed by atoms with Crippen LogP contribution in [0.5, 0.6) is 0 Å². The third-order valence-corrected chi connectivity index (χ3v) is 1.68. The van der Waals surface area contributed by atoms with Crippen molar-refractivity contribution in [3.63, 3.8) is 0 Å².